The molecule has 3 heteroatoms. The first-order chi connectivity index (χ1) is 6.56. The molecule has 0 aromatic rings. The Labute approximate surface area is 88.2 Å². The first-order valence-electron chi connectivity index (χ1n) is 5.61. The van der Waals surface area contributed by atoms with Gasteiger partial charge >= 0.3 is 0 Å². The van der Waals surface area contributed by atoms with Gasteiger partial charge in [0, 0.05) is 13.0 Å². The molecule has 0 aromatic carbocycles. The van der Waals surface area contributed by atoms with E-state index in [2.05, 4.69) is 25.7 Å². The highest BCUT2D eigenvalue weighted by atomic mass is 15.1. The van der Waals surface area contributed by atoms with Crippen molar-refractivity contribution in [2.24, 2.45) is 11.7 Å². The maximum Gasteiger partial charge on any atom is 0.0905 e. The molecule has 0 fully saturated rings. The molecule has 14 heavy (non-hydrogen) atoms. The number of nitrogens with one attached hydrogen (secondary N) is 1. The van der Waals surface area contributed by atoms with Gasteiger partial charge in [-0.15, -0.1) is 0 Å². The lowest BCUT2D eigenvalue weighted by molar-refractivity contribution is 0.252. The van der Waals surface area contributed by atoms with E-state index in [-0.39, 0.29) is 0 Å². The highest BCUT2D eigenvalue weighted by Gasteiger charge is 2.04. The second-order valence-corrected chi connectivity index (χ2v) is 4.27. The summed E-state index contributed by atoms with van der Waals surface area (Å²) in [5.41, 5.74) is 5.29. The van der Waals surface area contributed by atoms with Crippen LogP contribution in [0.4, 0.5) is 0 Å². The molecule has 0 heterocycles. The largest absolute Gasteiger partial charge is 0.388 e. The average Bonchev–Trinajstić information content (AvgIpc) is 2.09. The van der Waals surface area contributed by atoms with Crippen LogP contribution < -0.4 is 5.73 Å². The molecule has 0 saturated carbocycles. The zero-order chi connectivity index (χ0) is 11.0. The molecule has 0 unspecified atom stereocenters. The fourth-order valence-corrected chi connectivity index (χ4v) is 1.55. The topological polar surface area (TPSA) is 53.1 Å². The maximum absolute atomic E-state index is 7.10. The normalized spacial score (nSPS) is 11.2. The Morgan fingerprint density at radius 2 is 2.00 bits per heavy atom. The fourth-order valence-electron chi connectivity index (χ4n) is 1.55. The van der Waals surface area contributed by atoms with Gasteiger partial charge in [0.05, 0.1) is 5.84 Å². The van der Waals surface area contributed by atoms with E-state index >= 15 is 0 Å². The quantitative estimate of drug-likeness (QED) is 0.357. The van der Waals surface area contributed by atoms with Gasteiger partial charge in [-0.05, 0) is 31.8 Å². The Morgan fingerprint density at radius 3 is 2.43 bits per heavy atom. The Hall–Kier alpha value is -0.570. The van der Waals surface area contributed by atoms with Crippen LogP contribution in [0.1, 0.15) is 40.0 Å². The Balaban J connectivity index is 3.47. The van der Waals surface area contributed by atoms with Gasteiger partial charge in [0.15, 0.2) is 0 Å². The summed E-state index contributed by atoms with van der Waals surface area (Å²) in [4.78, 5) is 2.46. The average molecular weight is 199 g/mol. The Bertz CT molecular complexity index is 155. The fraction of sp³-hybridized carbons (Fsp3) is 0.909. The molecule has 0 bridgehead atoms. The van der Waals surface area contributed by atoms with Crippen LogP contribution in [0, 0.1) is 11.3 Å². The van der Waals surface area contributed by atoms with Gasteiger partial charge < -0.3 is 10.6 Å². The molecule has 3 nitrogen and oxygen atoms in total. The van der Waals surface area contributed by atoms with Crippen molar-refractivity contribution in [1.82, 2.24) is 4.90 Å². The van der Waals surface area contributed by atoms with Crippen LogP contribution >= 0.6 is 0 Å². The van der Waals surface area contributed by atoms with E-state index in [0.29, 0.717) is 5.84 Å². The number of hydrogen-bond acceptors (Lipinski definition) is 2. The lowest BCUT2D eigenvalue weighted by atomic mass is 10.2. The second-order valence-electron chi connectivity index (χ2n) is 4.27. The third-order valence-corrected chi connectivity index (χ3v) is 2.24. The Kier molecular flexibility index (Phi) is 7.48. The maximum atomic E-state index is 7.10. The zero-order valence-corrected chi connectivity index (χ0v) is 9.84. The summed E-state index contributed by atoms with van der Waals surface area (Å²) in [6.45, 7) is 10.1. The van der Waals surface area contributed by atoms with Crippen molar-refractivity contribution in [2.75, 3.05) is 19.6 Å². The number of nitrogens with zero attached hydrogens (tertiary/aromatic N) is 1. The van der Waals surface area contributed by atoms with Crippen molar-refractivity contribution in [3.05, 3.63) is 0 Å². The molecule has 0 rings (SSSR count). The molecule has 0 amide bonds. The molecule has 0 aliphatic carbocycles. The van der Waals surface area contributed by atoms with Crippen LogP contribution in [0.25, 0.3) is 0 Å². The summed E-state index contributed by atoms with van der Waals surface area (Å²) in [5, 5.41) is 7.10. The van der Waals surface area contributed by atoms with Crippen molar-refractivity contribution in [1.29, 1.82) is 5.41 Å². The van der Waals surface area contributed by atoms with Gasteiger partial charge in [-0.1, -0.05) is 20.8 Å². The Morgan fingerprint density at radius 1 is 1.36 bits per heavy atom. The van der Waals surface area contributed by atoms with Gasteiger partial charge in [-0.25, -0.2) is 0 Å². The summed E-state index contributed by atoms with van der Waals surface area (Å²) >= 11 is 0. The summed E-state index contributed by atoms with van der Waals surface area (Å²) in [7, 11) is 0. The van der Waals surface area contributed by atoms with Gasteiger partial charge in [0.1, 0.15) is 0 Å². The first kappa shape index (κ1) is 13.4. The van der Waals surface area contributed by atoms with Gasteiger partial charge in [0.2, 0.25) is 0 Å². The molecular formula is C11H25N3. The molecule has 0 saturated heterocycles. The lowest BCUT2D eigenvalue weighted by Crippen LogP contribution is -2.28. The van der Waals surface area contributed by atoms with E-state index in [1.54, 1.807) is 0 Å². The van der Waals surface area contributed by atoms with Crippen molar-refractivity contribution in [2.45, 2.75) is 40.0 Å². The minimum atomic E-state index is 0.317. The number of amidine groups is 1. The first-order valence-corrected chi connectivity index (χ1v) is 5.61. The molecule has 0 radical (unpaired) electrons. The summed E-state index contributed by atoms with van der Waals surface area (Å²) in [6, 6.07) is 0. The minimum absolute atomic E-state index is 0.317. The standard InChI is InChI=1S/C11H25N3/c1-4-14(9-10(2)3)8-6-5-7-11(12)13/h10H,4-9H2,1-3H3,(H3,12,13). The number of unbranched alkanes of at least 4 members (excludes halogenated alkanes) is 1. The third kappa shape index (κ3) is 8.05. The van der Waals surface area contributed by atoms with Crippen molar-refractivity contribution >= 4 is 5.84 Å². The van der Waals surface area contributed by atoms with E-state index in [9.17, 15) is 0 Å². The van der Waals surface area contributed by atoms with E-state index in [0.717, 1.165) is 38.3 Å². The van der Waals surface area contributed by atoms with Gasteiger partial charge in [0.25, 0.3) is 0 Å². The van der Waals surface area contributed by atoms with Crippen LogP contribution in [0.2, 0.25) is 0 Å². The molecule has 84 valence electrons. The summed E-state index contributed by atoms with van der Waals surface area (Å²) in [5.74, 6) is 1.06. The van der Waals surface area contributed by atoms with E-state index in [4.69, 9.17) is 11.1 Å². The number of nitrogens with two attached hydrogens (primary N) is 1. The van der Waals surface area contributed by atoms with Crippen LogP contribution in [-0.4, -0.2) is 30.4 Å². The van der Waals surface area contributed by atoms with Crippen LogP contribution in [0.5, 0.6) is 0 Å². The van der Waals surface area contributed by atoms with Crippen molar-refractivity contribution in [3.8, 4) is 0 Å². The molecule has 0 atom stereocenters. The van der Waals surface area contributed by atoms with Crippen molar-refractivity contribution in [3.63, 3.8) is 0 Å². The lowest BCUT2D eigenvalue weighted by Gasteiger charge is -2.22. The van der Waals surface area contributed by atoms with E-state index in [1.807, 2.05) is 0 Å². The molecule has 0 aliphatic rings. The van der Waals surface area contributed by atoms with Crippen LogP contribution in [0.3, 0.4) is 0 Å². The second kappa shape index (κ2) is 7.80. The third-order valence-electron chi connectivity index (χ3n) is 2.24. The summed E-state index contributed by atoms with van der Waals surface area (Å²) < 4.78 is 0. The SMILES string of the molecule is CCN(CCCCC(=N)N)CC(C)C. The van der Waals surface area contributed by atoms with E-state index < -0.39 is 0 Å². The molecular weight excluding hydrogens is 174 g/mol. The number of rotatable bonds is 8. The summed E-state index contributed by atoms with van der Waals surface area (Å²) in [6.07, 6.45) is 2.95. The van der Waals surface area contributed by atoms with Crippen LogP contribution in [-0.2, 0) is 0 Å². The predicted molar refractivity (Wildman–Crippen MR) is 62.7 cm³/mol. The highest BCUT2D eigenvalue weighted by Crippen LogP contribution is 2.02. The predicted octanol–water partition coefficient (Wildman–Crippen LogP) is 2.07. The van der Waals surface area contributed by atoms with Crippen LogP contribution in [0.15, 0.2) is 0 Å². The minimum Gasteiger partial charge on any atom is -0.388 e. The smallest absolute Gasteiger partial charge is 0.0905 e. The zero-order valence-electron chi connectivity index (χ0n) is 9.84. The monoisotopic (exact) mass is 199 g/mol. The van der Waals surface area contributed by atoms with E-state index in [1.165, 1.54) is 6.54 Å². The van der Waals surface area contributed by atoms with Crippen molar-refractivity contribution < 1.29 is 0 Å². The molecule has 0 aliphatic heterocycles. The molecule has 0 aromatic heterocycles. The number of hydrogen-bond donors (Lipinski definition) is 2. The van der Waals surface area contributed by atoms with Gasteiger partial charge in [-0.3, -0.25) is 5.41 Å². The van der Waals surface area contributed by atoms with Gasteiger partial charge in [-0.2, -0.15) is 0 Å². The molecule has 3 N–H and O–H groups in total. The molecule has 0 spiro atoms. The highest BCUT2D eigenvalue weighted by molar-refractivity contribution is 5.76.